The van der Waals surface area contributed by atoms with Gasteiger partial charge in [0.2, 0.25) is 0 Å². The molecule has 4 heteroatoms. The number of aromatic nitrogens is 1. The Hall–Kier alpha value is -1.39. The van der Waals surface area contributed by atoms with Crippen molar-refractivity contribution in [1.82, 2.24) is 4.98 Å². The quantitative estimate of drug-likeness (QED) is 0.902. The summed E-state index contributed by atoms with van der Waals surface area (Å²) in [5.41, 5.74) is 2.51. The molecule has 96 valence electrons. The SMILES string of the molecule is Cc1ccc(OCCc2ncc(CO)s2)cc1C. The number of benzene rings is 1. The maximum Gasteiger partial charge on any atom is 0.119 e. The molecular formula is C14H17NO2S. The molecule has 0 fully saturated rings. The molecule has 0 amide bonds. The Labute approximate surface area is 111 Å². The molecule has 0 saturated heterocycles. The monoisotopic (exact) mass is 263 g/mol. The van der Waals surface area contributed by atoms with Gasteiger partial charge in [0.1, 0.15) is 5.75 Å². The van der Waals surface area contributed by atoms with Gasteiger partial charge in [0.05, 0.1) is 23.1 Å². The molecule has 0 bridgehead atoms. The van der Waals surface area contributed by atoms with E-state index >= 15 is 0 Å². The van der Waals surface area contributed by atoms with E-state index in [0.717, 1.165) is 22.1 Å². The predicted molar refractivity (Wildman–Crippen MR) is 73.2 cm³/mol. The van der Waals surface area contributed by atoms with E-state index in [1.165, 1.54) is 22.5 Å². The number of aliphatic hydroxyl groups excluding tert-OH is 1. The minimum absolute atomic E-state index is 0.0652. The van der Waals surface area contributed by atoms with Crippen molar-refractivity contribution in [2.45, 2.75) is 26.9 Å². The van der Waals surface area contributed by atoms with E-state index < -0.39 is 0 Å². The normalized spacial score (nSPS) is 10.6. The predicted octanol–water partition coefficient (Wildman–Crippen LogP) is 2.87. The van der Waals surface area contributed by atoms with Crippen molar-refractivity contribution in [3.63, 3.8) is 0 Å². The van der Waals surface area contributed by atoms with Crippen molar-refractivity contribution in [2.75, 3.05) is 6.61 Å². The highest BCUT2D eigenvalue weighted by Gasteiger charge is 2.02. The lowest BCUT2D eigenvalue weighted by molar-refractivity contribution is 0.285. The van der Waals surface area contributed by atoms with Gasteiger partial charge in [-0.05, 0) is 37.1 Å². The number of aryl methyl sites for hydroxylation is 2. The van der Waals surface area contributed by atoms with Gasteiger partial charge in [0, 0.05) is 12.6 Å². The van der Waals surface area contributed by atoms with Crippen LogP contribution in [0.5, 0.6) is 5.75 Å². The lowest BCUT2D eigenvalue weighted by atomic mass is 10.1. The largest absolute Gasteiger partial charge is 0.493 e. The van der Waals surface area contributed by atoms with E-state index in [1.54, 1.807) is 6.20 Å². The average molecular weight is 263 g/mol. The maximum absolute atomic E-state index is 8.95. The highest BCUT2D eigenvalue weighted by atomic mass is 32.1. The van der Waals surface area contributed by atoms with Crippen molar-refractivity contribution in [3.8, 4) is 5.75 Å². The van der Waals surface area contributed by atoms with Crippen LogP contribution in [0.25, 0.3) is 0 Å². The van der Waals surface area contributed by atoms with Crippen LogP contribution in [-0.2, 0) is 13.0 Å². The number of hydrogen-bond donors (Lipinski definition) is 1. The highest BCUT2D eigenvalue weighted by Crippen LogP contribution is 2.17. The van der Waals surface area contributed by atoms with Gasteiger partial charge in [-0.3, -0.25) is 0 Å². The second-order valence-corrected chi connectivity index (χ2v) is 5.42. The third-order valence-corrected chi connectivity index (χ3v) is 3.86. The van der Waals surface area contributed by atoms with Crippen LogP contribution < -0.4 is 4.74 Å². The molecule has 0 aliphatic heterocycles. The van der Waals surface area contributed by atoms with Gasteiger partial charge < -0.3 is 9.84 Å². The second kappa shape index (κ2) is 5.98. The molecule has 0 aliphatic carbocycles. The van der Waals surface area contributed by atoms with Gasteiger partial charge in [0.15, 0.2) is 0 Å². The number of rotatable bonds is 5. The molecule has 2 rings (SSSR count). The molecule has 1 aromatic heterocycles. The fourth-order valence-electron chi connectivity index (χ4n) is 1.60. The molecule has 0 aliphatic rings. The van der Waals surface area contributed by atoms with Crippen molar-refractivity contribution in [2.24, 2.45) is 0 Å². The Balaban J connectivity index is 1.86. The first kappa shape index (κ1) is 13.1. The van der Waals surface area contributed by atoms with E-state index in [-0.39, 0.29) is 6.61 Å². The molecular weight excluding hydrogens is 246 g/mol. The van der Waals surface area contributed by atoms with Gasteiger partial charge >= 0.3 is 0 Å². The molecule has 3 nitrogen and oxygen atoms in total. The van der Waals surface area contributed by atoms with Gasteiger partial charge in [-0.15, -0.1) is 11.3 Å². The maximum atomic E-state index is 8.95. The first-order valence-electron chi connectivity index (χ1n) is 5.93. The smallest absolute Gasteiger partial charge is 0.119 e. The zero-order chi connectivity index (χ0) is 13.0. The van der Waals surface area contributed by atoms with Crippen molar-refractivity contribution < 1.29 is 9.84 Å². The molecule has 0 atom stereocenters. The second-order valence-electron chi connectivity index (χ2n) is 4.22. The van der Waals surface area contributed by atoms with Gasteiger partial charge in [-0.2, -0.15) is 0 Å². The van der Waals surface area contributed by atoms with Gasteiger partial charge in [0.25, 0.3) is 0 Å². The van der Waals surface area contributed by atoms with Gasteiger partial charge in [-0.1, -0.05) is 6.07 Å². The number of ether oxygens (including phenoxy) is 1. The van der Waals surface area contributed by atoms with E-state index in [0.29, 0.717) is 6.61 Å². The highest BCUT2D eigenvalue weighted by molar-refractivity contribution is 7.11. The van der Waals surface area contributed by atoms with Crippen molar-refractivity contribution >= 4 is 11.3 Å². The molecule has 2 aromatic rings. The van der Waals surface area contributed by atoms with Crippen LogP contribution in [0.1, 0.15) is 21.0 Å². The van der Waals surface area contributed by atoms with Crippen LogP contribution in [0, 0.1) is 13.8 Å². The van der Waals surface area contributed by atoms with E-state index in [4.69, 9.17) is 9.84 Å². The van der Waals surface area contributed by atoms with E-state index in [9.17, 15) is 0 Å². The molecule has 0 saturated carbocycles. The summed E-state index contributed by atoms with van der Waals surface area (Å²) in [5, 5.41) is 9.95. The average Bonchev–Trinajstić information content (AvgIpc) is 2.82. The van der Waals surface area contributed by atoms with Gasteiger partial charge in [-0.25, -0.2) is 4.98 Å². The molecule has 1 N–H and O–H groups in total. The molecule has 1 heterocycles. The molecule has 1 aromatic carbocycles. The number of hydrogen-bond acceptors (Lipinski definition) is 4. The zero-order valence-corrected chi connectivity index (χ0v) is 11.5. The first-order valence-corrected chi connectivity index (χ1v) is 6.75. The minimum atomic E-state index is 0.0652. The molecule has 0 radical (unpaired) electrons. The Morgan fingerprint density at radius 2 is 2.11 bits per heavy atom. The van der Waals surface area contributed by atoms with Crippen LogP contribution >= 0.6 is 11.3 Å². The molecule has 0 unspecified atom stereocenters. The summed E-state index contributed by atoms with van der Waals surface area (Å²) in [7, 11) is 0. The summed E-state index contributed by atoms with van der Waals surface area (Å²) in [6.07, 6.45) is 2.49. The fraction of sp³-hybridized carbons (Fsp3) is 0.357. The van der Waals surface area contributed by atoms with Crippen molar-refractivity contribution in [1.29, 1.82) is 0 Å². The number of aliphatic hydroxyl groups is 1. The fourth-order valence-corrected chi connectivity index (χ4v) is 2.36. The number of thiazole rings is 1. The van der Waals surface area contributed by atoms with Crippen LogP contribution in [0.15, 0.2) is 24.4 Å². The standard InChI is InChI=1S/C14H17NO2S/c1-10-3-4-12(7-11(10)2)17-6-5-14-15-8-13(9-16)18-14/h3-4,7-8,16H,5-6,9H2,1-2H3. The van der Waals surface area contributed by atoms with Crippen LogP contribution in [0.4, 0.5) is 0 Å². The topological polar surface area (TPSA) is 42.4 Å². The Morgan fingerprint density at radius 3 is 2.78 bits per heavy atom. The molecule has 0 spiro atoms. The lowest BCUT2D eigenvalue weighted by Crippen LogP contribution is -2.01. The minimum Gasteiger partial charge on any atom is -0.493 e. The summed E-state index contributed by atoms with van der Waals surface area (Å²) in [5.74, 6) is 0.900. The lowest BCUT2D eigenvalue weighted by Gasteiger charge is -2.07. The Morgan fingerprint density at radius 1 is 1.28 bits per heavy atom. The van der Waals surface area contributed by atoms with Crippen LogP contribution in [0.3, 0.4) is 0 Å². The van der Waals surface area contributed by atoms with Crippen molar-refractivity contribution in [3.05, 3.63) is 45.4 Å². The van der Waals surface area contributed by atoms with Crippen LogP contribution in [-0.4, -0.2) is 16.7 Å². The summed E-state index contributed by atoms with van der Waals surface area (Å²) in [4.78, 5) is 5.13. The van der Waals surface area contributed by atoms with E-state index in [1.807, 2.05) is 6.07 Å². The Bertz CT molecular complexity index is 522. The molecule has 18 heavy (non-hydrogen) atoms. The third kappa shape index (κ3) is 3.31. The zero-order valence-electron chi connectivity index (χ0n) is 10.6. The summed E-state index contributed by atoms with van der Waals surface area (Å²) in [6.45, 7) is 4.85. The third-order valence-electron chi connectivity index (χ3n) is 2.82. The summed E-state index contributed by atoms with van der Waals surface area (Å²) < 4.78 is 5.69. The first-order chi connectivity index (χ1) is 8.69. The Kier molecular flexibility index (Phi) is 4.33. The number of nitrogens with zero attached hydrogens (tertiary/aromatic N) is 1. The summed E-state index contributed by atoms with van der Waals surface area (Å²) in [6, 6.07) is 6.11. The van der Waals surface area contributed by atoms with Crippen LogP contribution in [0.2, 0.25) is 0 Å². The van der Waals surface area contributed by atoms with E-state index in [2.05, 4.69) is 31.0 Å². The summed E-state index contributed by atoms with van der Waals surface area (Å²) >= 11 is 1.53.